The van der Waals surface area contributed by atoms with Crippen molar-refractivity contribution in [3.8, 4) is 0 Å². The van der Waals surface area contributed by atoms with Crippen molar-refractivity contribution in [3.05, 3.63) is 17.0 Å². The highest BCUT2D eigenvalue weighted by atomic mass is 16.1. The van der Waals surface area contributed by atoms with Crippen LogP contribution in [0.4, 0.5) is 0 Å². The smallest absolute Gasteiger partial charge is 0.233 e. The van der Waals surface area contributed by atoms with Gasteiger partial charge in [-0.1, -0.05) is 0 Å². The molecule has 0 radical (unpaired) electrons. The molecular formula is C12H22N4O. The first kappa shape index (κ1) is 13.7. The third-order valence-electron chi connectivity index (χ3n) is 2.94. The molecule has 0 aliphatic heterocycles. The molecule has 0 spiro atoms. The molecule has 96 valence electrons. The Morgan fingerprint density at radius 2 is 2.12 bits per heavy atom. The van der Waals surface area contributed by atoms with E-state index >= 15 is 0 Å². The van der Waals surface area contributed by atoms with Gasteiger partial charge in [-0.25, -0.2) is 0 Å². The van der Waals surface area contributed by atoms with Crippen molar-refractivity contribution in [3.63, 3.8) is 0 Å². The van der Waals surface area contributed by atoms with Gasteiger partial charge < -0.3 is 10.6 Å². The van der Waals surface area contributed by atoms with Crippen molar-refractivity contribution in [1.82, 2.24) is 20.4 Å². The van der Waals surface area contributed by atoms with Crippen LogP contribution in [0.15, 0.2) is 0 Å². The Bertz CT molecular complexity index is 397. The maximum atomic E-state index is 11.4. The van der Waals surface area contributed by atoms with Gasteiger partial charge in [0.2, 0.25) is 5.91 Å². The lowest BCUT2D eigenvalue weighted by molar-refractivity contribution is -0.120. The molecule has 0 saturated heterocycles. The zero-order valence-corrected chi connectivity index (χ0v) is 11.3. The summed E-state index contributed by atoms with van der Waals surface area (Å²) in [5.41, 5.74) is 3.33. The standard InChI is InChI=1S/C12H22N4O/c1-6-13-11(17)7-14-8(2)12-9(3)15-16(5)10(12)4/h8,14H,6-7H2,1-5H3,(H,13,17). The summed E-state index contributed by atoms with van der Waals surface area (Å²) in [5, 5.41) is 10.3. The Balaban J connectivity index is 2.64. The molecule has 0 aliphatic carbocycles. The predicted molar refractivity (Wildman–Crippen MR) is 67.8 cm³/mol. The van der Waals surface area contributed by atoms with E-state index in [4.69, 9.17) is 0 Å². The quantitative estimate of drug-likeness (QED) is 0.798. The number of nitrogens with zero attached hydrogens (tertiary/aromatic N) is 2. The van der Waals surface area contributed by atoms with E-state index in [0.29, 0.717) is 13.1 Å². The minimum absolute atomic E-state index is 0.0264. The Labute approximate surface area is 103 Å². The number of likely N-dealkylation sites (N-methyl/N-ethyl adjacent to an activating group) is 1. The fourth-order valence-electron chi connectivity index (χ4n) is 2.02. The zero-order valence-electron chi connectivity index (χ0n) is 11.3. The molecule has 5 nitrogen and oxygen atoms in total. The molecule has 1 aromatic heterocycles. The van der Waals surface area contributed by atoms with Crippen LogP contribution in [0, 0.1) is 13.8 Å². The minimum atomic E-state index is 0.0264. The lowest BCUT2D eigenvalue weighted by Gasteiger charge is -2.14. The van der Waals surface area contributed by atoms with E-state index in [2.05, 4.69) is 22.7 Å². The van der Waals surface area contributed by atoms with Crippen LogP contribution >= 0.6 is 0 Å². The van der Waals surface area contributed by atoms with E-state index in [-0.39, 0.29) is 11.9 Å². The summed E-state index contributed by atoms with van der Waals surface area (Å²) >= 11 is 0. The summed E-state index contributed by atoms with van der Waals surface area (Å²) in [7, 11) is 1.93. The van der Waals surface area contributed by atoms with Crippen LogP contribution < -0.4 is 10.6 Å². The second-order valence-electron chi connectivity index (χ2n) is 4.26. The third kappa shape index (κ3) is 3.30. The van der Waals surface area contributed by atoms with E-state index < -0.39 is 0 Å². The van der Waals surface area contributed by atoms with Crippen molar-refractivity contribution < 1.29 is 4.79 Å². The number of rotatable bonds is 5. The summed E-state index contributed by atoms with van der Waals surface area (Å²) in [5.74, 6) is 0.0264. The summed E-state index contributed by atoms with van der Waals surface area (Å²) in [6.07, 6.45) is 0. The van der Waals surface area contributed by atoms with Gasteiger partial charge in [0, 0.05) is 30.9 Å². The van der Waals surface area contributed by atoms with E-state index in [0.717, 1.165) is 11.4 Å². The average Bonchev–Trinajstić information content (AvgIpc) is 2.50. The van der Waals surface area contributed by atoms with Gasteiger partial charge in [0.05, 0.1) is 12.2 Å². The third-order valence-corrected chi connectivity index (χ3v) is 2.94. The first-order valence-electron chi connectivity index (χ1n) is 5.97. The molecule has 0 fully saturated rings. The zero-order chi connectivity index (χ0) is 13.0. The van der Waals surface area contributed by atoms with Crippen molar-refractivity contribution in [2.75, 3.05) is 13.1 Å². The van der Waals surface area contributed by atoms with Crippen LogP contribution in [-0.4, -0.2) is 28.8 Å². The van der Waals surface area contributed by atoms with Crippen molar-refractivity contribution in [1.29, 1.82) is 0 Å². The average molecular weight is 238 g/mol. The van der Waals surface area contributed by atoms with Crippen molar-refractivity contribution >= 4 is 5.91 Å². The molecule has 1 aromatic rings. The van der Waals surface area contributed by atoms with Crippen LogP contribution in [0.25, 0.3) is 0 Å². The second-order valence-corrected chi connectivity index (χ2v) is 4.26. The van der Waals surface area contributed by atoms with Gasteiger partial charge in [-0.3, -0.25) is 9.48 Å². The molecule has 1 amide bonds. The summed E-state index contributed by atoms with van der Waals surface area (Å²) in [4.78, 5) is 11.4. The Morgan fingerprint density at radius 3 is 2.59 bits per heavy atom. The molecule has 5 heteroatoms. The van der Waals surface area contributed by atoms with Crippen molar-refractivity contribution in [2.45, 2.75) is 33.7 Å². The van der Waals surface area contributed by atoms with Gasteiger partial charge in [0.1, 0.15) is 0 Å². The molecule has 0 aliphatic rings. The fraction of sp³-hybridized carbons (Fsp3) is 0.667. The van der Waals surface area contributed by atoms with Crippen LogP contribution in [0.2, 0.25) is 0 Å². The molecule has 17 heavy (non-hydrogen) atoms. The van der Waals surface area contributed by atoms with E-state index in [1.165, 1.54) is 5.56 Å². The largest absolute Gasteiger partial charge is 0.355 e. The van der Waals surface area contributed by atoms with E-state index in [1.807, 2.05) is 32.5 Å². The summed E-state index contributed by atoms with van der Waals surface area (Å²) < 4.78 is 1.87. The van der Waals surface area contributed by atoms with Crippen LogP contribution in [0.1, 0.15) is 36.8 Å². The highest BCUT2D eigenvalue weighted by Crippen LogP contribution is 2.20. The van der Waals surface area contributed by atoms with Gasteiger partial charge in [-0.2, -0.15) is 5.10 Å². The maximum absolute atomic E-state index is 11.4. The number of aryl methyl sites for hydroxylation is 2. The van der Waals surface area contributed by atoms with Gasteiger partial charge in [-0.05, 0) is 27.7 Å². The van der Waals surface area contributed by atoms with Gasteiger partial charge >= 0.3 is 0 Å². The Kier molecular flexibility index (Phi) is 4.69. The molecule has 1 unspecified atom stereocenters. The number of amides is 1. The number of aromatic nitrogens is 2. The fourth-order valence-corrected chi connectivity index (χ4v) is 2.02. The lowest BCUT2D eigenvalue weighted by Crippen LogP contribution is -2.35. The topological polar surface area (TPSA) is 59.0 Å². The molecule has 2 N–H and O–H groups in total. The normalized spacial score (nSPS) is 12.5. The van der Waals surface area contributed by atoms with Crippen LogP contribution in [-0.2, 0) is 11.8 Å². The number of carbonyl (C=O) groups excluding carboxylic acids is 1. The minimum Gasteiger partial charge on any atom is -0.355 e. The predicted octanol–water partition coefficient (Wildman–Crippen LogP) is 0.824. The number of hydrogen-bond donors (Lipinski definition) is 2. The number of hydrogen-bond acceptors (Lipinski definition) is 3. The SMILES string of the molecule is CCNC(=O)CNC(C)c1c(C)nn(C)c1C. The molecular weight excluding hydrogens is 216 g/mol. The highest BCUT2D eigenvalue weighted by molar-refractivity contribution is 5.77. The van der Waals surface area contributed by atoms with E-state index in [1.54, 1.807) is 0 Å². The first-order chi connectivity index (χ1) is 7.97. The molecule has 1 atom stereocenters. The molecule has 0 bridgehead atoms. The van der Waals surface area contributed by atoms with Crippen LogP contribution in [0.5, 0.6) is 0 Å². The molecule has 0 aromatic carbocycles. The molecule has 1 rings (SSSR count). The number of nitrogens with one attached hydrogen (secondary N) is 2. The van der Waals surface area contributed by atoms with Gasteiger partial charge in [0.15, 0.2) is 0 Å². The van der Waals surface area contributed by atoms with Crippen molar-refractivity contribution in [2.24, 2.45) is 7.05 Å². The second kappa shape index (κ2) is 5.82. The lowest BCUT2D eigenvalue weighted by atomic mass is 10.1. The van der Waals surface area contributed by atoms with E-state index in [9.17, 15) is 4.79 Å². The maximum Gasteiger partial charge on any atom is 0.233 e. The molecule has 0 saturated carbocycles. The van der Waals surface area contributed by atoms with Gasteiger partial charge in [-0.15, -0.1) is 0 Å². The monoisotopic (exact) mass is 238 g/mol. The summed E-state index contributed by atoms with van der Waals surface area (Å²) in [6, 6.07) is 0.131. The first-order valence-corrected chi connectivity index (χ1v) is 5.97. The van der Waals surface area contributed by atoms with Gasteiger partial charge in [0.25, 0.3) is 0 Å². The highest BCUT2D eigenvalue weighted by Gasteiger charge is 2.16. The van der Waals surface area contributed by atoms with Crippen LogP contribution in [0.3, 0.4) is 0 Å². The summed E-state index contributed by atoms with van der Waals surface area (Å²) in [6.45, 7) is 9.00. The number of carbonyl (C=O) groups is 1. The Morgan fingerprint density at radius 1 is 1.47 bits per heavy atom. The Hall–Kier alpha value is -1.36. The molecule has 1 heterocycles.